The summed E-state index contributed by atoms with van der Waals surface area (Å²) in [6.45, 7) is 3.77. The predicted molar refractivity (Wildman–Crippen MR) is 121 cm³/mol. The van der Waals surface area contributed by atoms with Crippen molar-refractivity contribution in [2.75, 3.05) is 13.7 Å². The Kier molecular flexibility index (Phi) is 7.19. The number of fused-ring (bicyclic) bond motifs is 1. The smallest absolute Gasteiger partial charge is 0.321 e. The zero-order valence-electron chi connectivity index (χ0n) is 17.1. The molecule has 10 heteroatoms. The minimum absolute atomic E-state index is 0.295. The number of urea groups is 1. The van der Waals surface area contributed by atoms with Gasteiger partial charge in [-0.1, -0.05) is 35.5 Å². The van der Waals surface area contributed by atoms with Gasteiger partial charge in [0.25, 0.3) is 5.56 Å². The number of para-hydroxylation sites is 1. The van der Waals surface area contributed by atoms with E-state index in [1.807, 2.05) is 0 Å². The van der Waals surface area contributed by atoms with Crippen LogP contribution in [0.25, 0.3) is 16.6 Å². The molecule has 0 aliphatic heterocycles. The van der Waals surface area contributed by atoms with Gasteiger partial charge >= 0.3 is 6.03 Å². The Balaban J connectivity index is 2.06. The number of hydrogen-bond acceptors (Lipinski definition) is 6. The van der Waals surface area contributed by atoms with Crippen LogP contribution >= 0.6 is 23.4 Å². The molecule has 1 atom stereocenters. The van der Waals surface area contributed by atoms with Crippen molar-refractivity contribution < 1.29 is 14.3 Å². The van der Waals surface area contributed by atoms with Crippen molar-refractivity contribution in [1.29, 1.82) is 0 Å². The zero-order valence-corrected chi connectivity index (χ0v) is 18.7. The second kappa shape index (κ2) is 9.84. The molecule has 0 aliphatic rings. The highest BCUT2D eigenvalue weighted by atomic mass is 35.5. The summed E-state index contributed by atoms with van der Waals surface area (Å²) in [7, 11) is 1.50. The molecule has 0 saturated heterocycles. The van der Waals surface area contributed by atoms with Crippen LogP contribution in [0.1, 0.15) is 13.8 Å². The number of rotatable bonds is 6. The maximum Gasteiger partial charge on any atom is 0.321 e. The molecule has 31 heavy (non-hydrogen) atoms. The van der Waals surface area contributed by atoms with E-state index in [4.69, 9.17) is 16.3 Å². The minimum Gasteiger partial charge on any atom is -0.495 e. The van der Waals surface area contributed by atoms with E-state index in [0.717, 1.165) is 11.8 Å². The third kappa shape index (κ3) is 5.00. The largest absolute Gasteiger partial charge is 0.495 e. The Morgan fingerprint density at radius 2 is 2.00 bits per heavy atom. The predicted octanol–water partition coefficient (Wildman–Crippen LogP) is 3.37. The van der Waals surface area contributed by atoms with Gasteiger partial charge in [-0.3, -0.25) is 19.5 Å². The molecule has 0 spiro atoms. The summed E-state index contributed by atoms with van der Waals surface area (Å²) in [4.78, 5) is 42.0. The van der Waals surface area contributed by atoms with Gasteiger partial charge in [-0.25, -0.2) is 9.78 Å². The van der Waals surface area contributed by atoms with Gasteiger partial charge in [-0.2, -0.15) is 0 Å². The first kappa shape index (κ1) is 22.6. The lowest BCUT2D eigenvalue weighted by Gasteiger charge is -2.17. The number of aromatic nitrogens is 2. The number of ether oxygens (including phenoxy) is 1. The van der Waals surface area contributed by atoms with Crippen molar-refractivity contribution in [2.45, 2.75) is 24.3 Å². The van der Waals surface area contributed by atoms with E-state index in [2.05, 4.69) is 15.6 Å². The average Bonchev–Trinajstić information content (AvgIpc) is 2.74. The molecule has 0 fully saturated rings. The molecule has 162 valence electrons. The highest BCUT2D eigenvalue weighted by Crippen LogP contribution is 2.29. The van der Waals surface area contributed by atoms with E-state index in [1.165, 1.54) is 11.7 Å². The van der Waals surface area contributed by atoms with Crippen LogP contribution < -0.4 is 20.9 Å². The van der Waals surface area contributed by atoms with Crippen LogP contribution in [0.3, 0.4) is 0 Å². The number of nitrogens with one attached hydrogen (secondary N) is 2. The Labute approximate surface area is 187 Å². The highest BCUT2D eigenvalue weighted by Gasteiger charge is 2.22. The molecule has 3 aromatic rings. The number of thioether (sulfide) groups is 1. The topological polar surface area (TPSA) is 102 Å². The van der Waals surface area contributed by atoms with E-state index in [1.54, 1.807) is 56.3 Å². The van der Waals surface area contributed by atoms with Gasteiger partial charge in [0.1, 0.15) is 5.75 Å². The first-order chi connectivity index (χ1) is 14.8. The number of hydrogen-bond donors (Lipinski definition) is 2. The van der Waals surface area contributed by atoms with E-state index >= 15 is 0 Å². The number of nitrogens with zero attached hydrogens (tertiary/aromatic N) is 2. The summed E-state index contributed by atoms with van der Waals surface area (Å²) >= 11 is 7.33. The molecule has 1 aromatic heterocycles. The van der Waals surface area contributed by atoms with E-state index in [9.17, 15) is 14.4 Å². The summed E-state index contributed by atoms with van der Waals surface area (Å²) in [5.74, 6) is -0.0335. The lowest BCUT2D eigenvalue weighted by atomic mass is 10.2. The third-order valence-corrected chi connectivity index (χ3v) is 5.71. The maximum absolute atomic E-state index is 13.3. The molecule has 3 amide bonds. The Bertz CT molecular complexity index is 1200. The van der Waals surface area contributed by atoms with Gasteiger partial charge in [0.2, 0.25) is 5.91 Å². The average molecular weight is 461 g/mol. The molecular weight excluding hydrogens is 440 g/mol. The first-order valence-corrected chi connectivity index (χ1v) is 10.7. The quantitative estimate of drug-likeness (QED) is 0.432. The van der Waals surface area contributed by atoms with E-state index in [-0.39, 0.29) is 5.56 Å². The lowest BCUT2D eigenvalue weighted by Crippen LogP contribution is -2.42. The summed E-state index contributed by atoms with van der Waals surface area (Å²) in [6, 6.07) is 11.3. The monoisotopic (exact) mass is 460 g/mol. The SMILES string of the molecule is CCNC(=O)NC(=O)C(C)Sc1nc2ccccc2c(=O)n1-c1ccc(OC)c(Cl)c1. The van der Waals surface area contributed by atoms with Crippen LogP contribution in [0.2, 0.25) is 5.02 Å². The summed E-state index contributed by atoms with van der Waals surface area (Å²) in [6.07, 6.45) is 0. The first-order valence-electron chi connectivity index (χ1n) is 9.46. The molecule has 2 N–H and O–H groups in total. The lowest BCUT2D eigenvalue weighted by molar-refractivity contribution is -0.119. The van der Waals surface area contributed by atoms with Crippen molar-refractivity contribution in [1.82, 2.24) is 20.2 Å². The Hall–Kier alpha value is -3.04. The normalized spacial score (nSPS) is 11.7. The number of carbonyl (C=O) groups excluding carboxylic acids is 2. The number of imide groups is 1. The molecule has 0 radical (unpaired) electrons. The molecule has 0 bridgehead atoms. The summed E-state index contributed by atoms with van der Waals surface area (Å²) < 4.78 is 6.59. The number of methoxy groups -OCH3 is 1. The van der Waals surface area contributed by atoms with Crippen molar-refractivity contribution in [3.63, 3.8) is 0 Å². The number of halogens is 1. The third-order valence-electron chi connectivity index (χ3n) is 4.36. The molecule has 3 rings (SSSR count). The van der Waals surface area contributed by atoms with Gasteiger partial charge in [0.05, 0.1) is 34.0 Å². The van der Waals surface area contributed by atoms with Gasteiger partial charge in [0, 0.05) is 6.54 Å². The standard InChI is InChI=1S/C21H21ClN4O4S/c1-4-23-20(29)25-18(27)12(2)31-21-24-16-8-6-5-7-14(16)19(28)26(21)13-9-10-17(30-3)15(22)11-13/h5-12H,4H2,1-3H3,(H2,23,25,27,29). The summed E-state index contributed by atoms with van der Waals surface area (Å²) in [5.41, 5.74) is 0.681. The van der Waals surface area contributed by atoms with Crippen LogP contribution in [0.4, 0.5) is 4.79 Å². The number of amides is 3. The van der Waals surface area contributed by atoms with Gasteiger partial charge < -0.3 is 10.1 Å². The minimum atomic E-state index is -0.698. The second-order valence-electron chi connectivity index (χ2n) is 6.48. The van der Waals surface area contributed by atoms with E-state index < -0.39 is 17.2 Å². The second-order valence-corrected chi connectivity index (χ2v) is 8.19. The van der Waals surface area contributed by atoms with Crippen LogP contribution in [0.15, 0.2) is 52.4 Å². The van der Waals surface area contributed by atoms with Gasteiger partial charge in [0.15, 0.2) is 5.16 Å². The molecule has 0 aliphatic carbocycles. The van der Waals surface area contributed by atoms with Crippen molar-refractivity contribution in [2.24, 2.45) is 0 Å². The van der Waals surface area contributed by atoms with Crippen LogP contribution in [-0.4, -0.2) is 40.4 Å². The molecule has 1 unspecified atom stereocenters. The molecule has 8 nitrogen and oxygen atoms in total. The molecule has 2 aromatic carbocycles. The van der Waals surface area contributed by atoms with Gasteiger partial charge in [-0.15, -0.1) is 0 Å². The maximum atomic E-state index is 13.3. The fourth-order valence-electron chi connectivity index (χ4n) is 2.84. The van der Waals surface area contributed by atoms with Gasteiger partial charge in [-0.05, 0) is 44.2 Å². The number of carbonyl (C=O) groups is 2. The van der Waals surface area contributed by atoms with Crippen molar-refractivity contribution >= 4 is 46.2 Å². The summed E-state index contributed by atoms with van der Waals surface area (Å²) in [5, 5.41) is 5.14. The fraction of sp³-hybridized carbons (Fsp3) is 0.238. The Morgan fingerprint density at radius 1 is 1.26 bits per heavy atom. The highest BCUT2D eigenvalue weighted by molar-refractivity contribution is 8.00. The molecule has 0 saturated carbocycles. The molecule has 1 heterocycles. The Morgan fingerprint density at radius 3 is 2.68 bits per heavy atom. The zero-order chi connectivity index (χ0) is 22.5. The van der Waals surface area contributed by atoms with Crippen LogP contribution in [-0.2, 0) is 4.79 Å². The van der Waals surface area contributed by atoms with Crippen LogP contribution in [0.5, 0.6) is 5.75 Å². The fourth-order valence-corrected chi connectivity index (χ4v) is 4.02. The van der Waals surface area contributed by atoms with Crippen molar-refractivity contribution in [3.05, 3.63) is 57.8 Å². The number of benzene rings is 2. The van der Waals surface area contributed by atoms with Crippen molar-refractivity contribution in [3.8, 4) is 11.4 Å². The molecular formula is C21H21ClN4O4S. The van der Waals surface area contributed by atoms with E-state index in [0.29, 0.717) is 39.1 Å². The van der Waals surface area contributed by atoms with Crippen LogP contribution in [0, 0.1) is 0 Å².